The average Bonchev–Trinajstić information content (AvgIpc) is 3.35. The monoisotopic (exact) mass is 1130 g/mol. The van der Waals surface area contributed by atoms with Crippen molar-refractivity contribution in [3.63, 3.8) is 0 Å². The van der Waals surface area contributed by atoms with Crippen molar-refractivity contribution in [2.75, 3.05) is 96.9 Å². The SMILES string of the molecule is CSSC.CSSC.CSSC.C[C@@H](CCCCNC(=O)CC[C@H](CC(=O)CCOCCOCCOCCOCCCC(=O)CCCCCCCCCCCCCCCCCCC(=O)O)C(=O)O)C(=O)O. The molecule has 0 saturated heterocycles. The largest absolute Gasteiger partial charge is 0.481 e. The van der Waals surface area contributed by atoms with E-state index >= 15 is 0 Å². The Morgan fingerprint density at radius 2 is 0.775 bits per heavy atom. The molecule has 4 N–H and O–H groups in total. The Morgan fingerprint density at radius 3 is 1.17 bits per heavy atom. The maximum Gasteiger partial charge on any atom is 0.306 e. The van der Waals surface area contributed by atoms with Gasteiger partial charge in [0, 0.05) is 51.7 Å². The van der Waals surface area contributed by atoms with Crippen molar-refractivity contribution in [1.29, 1.82) is 0 Å². The molecule has 14 nitrogen and oxygen atoms in total. The molecular formula is C51H99NO13S6. The van der Waals surface area contributed by atoms with Crippen molar-refractivity contribution in [1.82, 2.24) is 5.32 Å². The van der Waals surface area contributed by atoms with Crippen molar-refractivity contribution >= 4 is 100 Å². The molecule has 422 valence electrons. The number of hydrogen-bond donors (Lipinski definition) is 4. The second-order valence-electron chi connectivity index (χ2n) is 16.8. The number of carboxylic acids is 3. The summed E-state index contributed by atoms with van der Waals surface area (Å²) in [4.78, 5) is 69.4. The Kier molecular flexibility index (Phi) is 70.5. The second-order valence-corrected chi connectivity index (χ2v) is 24.8. The van der Waals surface area contributed by atoms with Crippen LogP contribution in [0.25, 0.3) is 0 Å². The zero-order valence-corrected chi connectivity index (χ0v) is 49.9. The lowest BCUT2D eigenvalue weighted by Crippen LogP contribution is -2.27. The molecule has 0 unspecified atom stereocenters. The summed E-state index contributed by atoms with van der Waals surface area (Å²) in [5.74, 6) is -4.25. The van der Waals surface area contributed by atoms with Gasteiger partial charge < -0.3 is 39.6 Å². The summed E-state index contributed by atoms with van der Waals surface area (Å²) >= 11 is 0. The minimum Gasteiger partial charge on any atom is -0.481 e. The minimum atomic E-state index is -1.12. The molecule has 20 heteroatoms. The molecule has 71 heavy (non-hydrogen) atoms. The van der Waals surface area contributed by atoms with Gasteiger partial charge in [0.15, 0.2) is 0 Å². The van der Waals surface area contributed by atoms with Gasteiger partial charge in [-0.25, -0.2) is 0 Å². The van der Waals surface area contributed by atoms with E-state index in [1.54, 1.807) is 71.7 Å². The fraction of sp³-hybridized carbons (Fsp3) is 0.882. The Balaban J connectivity index is -0.00000166. The number of carboxylic acid groups (broad SMARTS) is 3. The number of amides is 1. The van der Waals surface area contributed by atoms with E-state index in [9.17, 15) is 33.9 Å². The number of nitrogens with one attached hydrogen (secondary N) is 1. The summed E-state index contributed by atoms with van der Waals surface area (Å²) in [7, 11) is 10.6. The Morgan fingerprint density at radius 1 is 0.394 bits per heavy atom. The first-order valence-corrected chi connectivity index (χ1v) is 34.7. The number of rotatable bonds is 50. The smallest absolute Gasteiger partial charge is 0.306 e. The highest BCUT2D eigenvalue weighted by Gasteiger charge is 2.22. The normalized spacial score (nSPS) is 11.5. The van der Waals surface area contributed by atoms with Crippen LogP contribution in [0.1, 0.15) is 180 Å². The van der Waals surface area contributed by atoms with Crippen LogP contribution in [0.4, 0.5) is 0 Å². The van der Waals surface area contributed by atoms with Crippen LogP contribution >= 0.6 is 64.8 Å². The van der Waals surface area contributed by atoms with Gasteiger partial charge in [0.2, 0.25) is 5.91 Å². The van der Waals surface area contributed by atoms with Gasteiger partial charge in [-0.2, -0.15) is 0 Å². The van der Waals surface area contributed by atoms with E-state index in [0.717, 1.165) is 38.5 Å². The summed E-state index contributed by atoms with van der Waals surface area (Å²) in [6.45, 7) is 5.03. The van der Waals surface area contributed by atoms with Crippen molar-refractivity contribution in [3.8, 4) is 0 Å². The number of hydrogen-bond acceptors (Lipinski definition) is 16. The van der Waals surface area contributed by atoms with Gasteiger partial charge in [0.05, 0.1) is 58.1 Å². The van der Waals surface area contributed by atoms with Crippen LogP contribution in [0.15, 0.2) is 0 Å². The molecule has 0 radical (unpaired) electrons. The van der Waals surface area contributed by atoms with E-state index in [2.05, 4.69) is 42.9 Å². The molecule has 0 aromatic rings. The van der Waals surface area contributed by atoms with E-state index < -0.39 is 29.7 Å². The van der Waals surface area contributed by atoms with Gasteiger partial charge in [-0.1, -0.05) is 168 Å². The summed E-state index contributed by atoms with van der Waals surface area (Å²) in [5, 5.41) is 29.7. The van der Waals surface area contributed by atoms with Gasteiger partial charge in [-0.3, -0.25) is 28.8 Å². The third kappa shape index (κ3) is 71.3. The number of carbonyl (C=O) groups is 6. The van der Waals surface area contributed by atoms with E-state index in [0.29, 0.717) is 90.5 Å². The highest BCUT2D eigenvalue weighted by Crippen LogP contribution is 2.17. The summed E-state index contributed by atoms with van der Waals surface area (Å²) in [6.07, 6.45) is 35.6. The molecule has 0 saturated carbocycles. The van der Waals surface area contributed by atoms with Gasteiger partial charge in [-0.15, -0.1) is 0 Å². The van der Waals surface area contributed by atoms with Crippen molar-refractivity contribution < 1.29 is 63.0 Å². The second kappa shape index (κ2) is 65.3. The number of ketones is 2. The number of Topliss-reactive ketones (excluding diaryl/α,β-unsaturated/α-hetero) is 2. The van der Waals surface area contributed by atoms with Crippen LogP contribution in [0.3, 0.4) is 0 Å². The van der Waals surface area contributed by atoms with Gasteiger partial charge >= 0.3 is 17.9 Å². The van der Waals surface area contributed by atoms with Crippen molar-refractivity contribution in [2.45, 2.75) is 180 Å². The van der Waals surface area contributed by atoms with Crippen molar-refractivity contribution in [2.24, 2.45) is 11.8 Å². The van der Waals surface area contributed by atoms with Crippen LogP contribution < -0.4 is 5.32 Å². The van der Waals surface area contributed by atoms with Crippen LogP contribution in [-0.2, 0) is 47.7 Å². The zero-order valence-electron chi connectivity index (χ0n) is 45.0. The fourth-order valence-electron chi connectivity index (χ4n) is 6.53. The molecule has 0 aromatic carbocycles. The highest BCUT2D eigenvalue weighted by molar-refractivity contribution is 8.76. The fourth-order valence-corrected chi connectivity index (χ4v) is 6.53. The van der Waals surface area contributed by atoms with E-state index in [4.69, 9.17) is 29.2 Å². The molecule has 2 atom stereocenters. The molecule has 0 spiro atoms. The number of ether oxygens (including phenoxy) is 4. The summed E-state index contributed by atoms with van der Waals surface area (Å²) < 4.78 is 22.0. The van der Waals surface area contributed by atoms with Crippen LogP contribution in [0.5, 0.6) is 0 Å². The van der Waals surface area contributed by atoms with Crippen molar-refractivity contribution in [3.05, 3.63) is 0 Å². The number of carbonyl (C=O) groups excluding carboxylic acids is 3. The van der Waals surface area contributed by atoms with E-state index in [1.807, 2.05) is 0 Å². The van der Waals surface area contributed by atoms with Crippen LogP contribution in [0, 0.1) is 11.8 Å². The van der Waals surface area contributed by atoms with Gasteiger partial charge in [0.1, 0.15) is 11.6 Å². The summed E-state index contributed by atoms with van der Waals surface area (Å²) in [5.41, 5.74) is 0. The Labute approximate surface area is 454 Å². The average molecular weight is 1130 g/mol. The first-order chi connectivity index (χ1) is 34.3. The standard InChI is InChI=1S/C45H81NO13.3C2H6S2/c1-38(44(52)53)21-18-19-28-46-42(49)26-25-39(45(54)55)37-41(48)27-30-57-32-34-59-36-35-58-33-31-56-29-20-23-40(47)22-16-14-12-10-8-6-4-2-3-5-7-9-11-13-15-17-24-43(50)51;3*1-3-4-2/h38-39H,2-37H2,1H3,(H,46,49)(H,50,51)(H,52,53)(H,54,55);3*1-2H3/t38-,39+;;;/m0.../s1. The lowest BCUT2D eigenvalue weighted by atomic mass is 9.96. The zero-order chi connectivity index (χ0) is 53.9. The quantitative estimate of drug-likeness (QED) is 0.0329. The molecule has 1 amide bonds. The number of unbranched alkanes of at least 4 members (excludes halogenated alkanes) is 16. The number of aliphatic carboxylic acids is 3. The Bertz CT molecular complexity index is 1200. The Hall–Kier alpha value is -0.840. The molecule has 0 aliphatic carbocycles. The molecule has 0 rings (SSSR count). The molecule has 0 bridgehead atoms. The molecular weight excluding hydrogens is 1030 g/mol. The predicted molar refractivity (Wildman–Crippen MR) is 308 cm³/mol. The molecule has 0 fully saturated rings. The lowest BCUT2D eigenvalue weighted by molar-refractivity contribution is -0.144. The van der Waals surface area contributed by atoms with Gasteiger partial charge in [0.25, 0.3) is 0 Å². The van der Waals surface area contributed by atoms with E-state index in [-0.39, 0.29) is 50.6 Å². The maximum atomic E-state index is 12.3. The third-order valence-corrected chi connectivity index (χ3v) is 14.8. The highest BCUT2D eigenvalue weighted by atomic mass is 33.1. The van der Waals surface area contributed by atoms with Crippen LogP contribution in [0.2, 0.25) is 0 Å². The molecule has 0 heterocycles. The molecule has 0 aliphatic heterocycles. The first-order valence-electron chi connectivity index (χ1n) is 25.8. The van der Waals surface area contributed by atoms with E-state index in [1.165, 1.54) is 70.6 Å². The topological polar surface area (TPSA) is 212 Å². The first kappa shape index (κ1) is 76.7. The summed E-state index contributed by atoms with van der Waals surface area (Å²) in [6, 6.07) is 0. The molecule has 0 aromatic heterocycles. The lowest BCUT2D eigenvalue weighted by Gasteiger charge is -2.12. The maximum absolute atomic E-state index is 12.3. The van der Waals surface area contributed by atoms with Crippen LogP contribution in [-0.4, -0.2) is 148 Å². The van der Waals surface area contributed by atoms with Gasteiger partial charge in [-0.05, 0) is 76.1 Å². The molecule has 0 aliphatic rings. The third-order valence-electron chi connectivity index (χ3n) is 10.8. The minimum absolute atomic E-state index is 0.00356. The predicted octanol–water partition coefficient (Wildman–Crippen LogP) is 13.2.